The molecule has 0 radical (unpaired) electrons. The Kier molecular flexibility index (Phi) is 3.63. The number of nitrogens with one attached hydrogen (secondary N) is 1. The number of carboxylic acids is 1. The fourth-order valence-electron chi connectivity index (χ4n) is 1.80. The second kappa shape index (κ2) is 5.09. The minimum Gasteiger partial charge on any atom is -0.481 e. The number of carboxylic acid groups (broad SMARTS) is 1. The van der Waals surface area contributed by atoms with Crippen LogP contribution in [0.3, 0.4) is 0 Å². The number of nitro groups is 1. The molecule has 2 rings (SSSR count). The highest BCUT2D eigenvalue weighted by molar-refractivity contribution is 6.35. The van der Waals surface area contributed by atoms with Gasteiger partial charge >= 0.3 is 5.97 Å². The van der Waals surface area contributed by atoms with E-state index in [9.17, 15) is 19.7 Å². The molecular weight excluding hydrogens is 288 g/mol. The molecule has 7 nitrogen and oxygen atoms in total. The van der Waals surface area contributed by atoms with E-state index >= 15 is 0 Å². The van der Waals surface area contributed by atoms with Crippen molar-refractivity contribution < 1.29 is 19.6 Å². The minimum absolute atomic E-state index is 0.0137. The maximum atomic E-state index is 11.9. The molecule has 0 aliphatic heterocycles. The number of halogens is 1. The van der Waals surface area contributed by atoms with Crippen LogP contribution < -0.4 is 5.32 Å². The molecule has 8 heteroatoms. The summed E-state index contributed by atoms with van der Waals surface area (Å²) in [6.07, 6.45) is 1.01. The average Bonchev–Trinajstić information content (AvgIpc) is 3.17. The predicted molar refractivity (Wildman–Crippen MR) is 69.7 cm³/mol. The van der Waals surface area contributed by atoms with Gasteiger partial charge in [-0.25, -0.2) is 0 Å². The number of hydrogen-bond donors (Lipinski definition) is 2. The first-order valence-corrected chi connectivity index (χ1v) is 6.20. The summed E-state index contributed by atoms with van der Waals surface area (Å²) in [4.78, 5) is 32.9. The summed E-state index contributed by atoms with van der Waals surface area (Å²) in [5, 5.41) is 21.9. The zero-order valence-electron chi connectivity index (χ0n) is 10.3. The van der Waals surface area contributed by atoms with Gasteiger partial charge in [-0.2, -0.15) is 0 Å². The van der Waals surface area contributed by atoms with Crippen molar-refractivity contribution in [1.29, 1.82) is 0 Å². The minimum atomic E-state index is -0.956. The molecule has 2 N–H and O–H groups in total. The summed E-state index contributed by atoms with van der Waals surface area (Å²) in [5.41, 5.74) is -1.30. The zero-order valence-corrected chi connectivity index (χ0v) is 11.0. The van der Waals surface area contributed by atoms with E-state index in [1.54, 1.807) is 0 Å². The third-order valence-corrected chi connectivity index (χ3v) is 3.71. The number of carbonyl (C=O) groups is 2. The molecule has 1 saturated carbocycles. The van der Waals surface area contributed by atoms with Crippen LogP contribution in [0.5, 0.6) is 0 Å². The third-order valence-electron chi connectivity index (χ3n) is 3.31. The molecule has 0 heterocycles. The van der Waals surface area contributed by atoms with E-state index in [1.807, 2.05) is 0 Å². The molecule has 0 bridgehead atoms. The lowest BCUT2D eigenvalue weighted by Gasteiger charge is -2.11. The molecular formula is C12H11ClN2O5. The van der Waals surface area contributed by atoms with Crippen molar-refractivity contribution in [1.82, 2.24) is 5.32 Å². The number of amides is 1. The molecule has 106 valence electrons. The van der Waals surface area contributed by atoms with Gasteiger partial charge in [0.2, 0.25) is 0 Å². The number of rotatable bonds is 5. The summed E-state index contributed by atoms with van der Waals surface area (Å²) in [6, 6.07) is 3.90. The van der Waals surface area contributed by atoms with Gasteiger partial charge in [-0.05, 0) is 18.9 Å². The molecule has 1 fully saturated rings. The van der Waals surface area contributed by atoms with Gasteiger partial charge in [0.05, 0.1) is 15.9 Å². The van der Waals surface area contributed by atoms with E-state index in [1.165, 1.54) is 18.2 Å². The van der Waals surface area contributed by atoms with Crippen LogP contribution in [0.4, 0.5) is 5.69 Å². The summed E-state index contributed by atoms with van der Waals surface area (Å²) in [6.45, 7) is -0.0137. The van der Waals surface area contributed by atoms with Crippen molar-refractivity contribution in [3.63, 3.8) is 0 Å². The molecule has 1 aliphatic carbocycles. The highest BCUT2D eigenvalue weighted by atomic mass is 35.5. The van der Waals surface area contributed by atoms with Crippen LogP contribution in [-0.4, -0.2) is 28.5 Å². The Hall–Kier alpha value is -2.15. The fourth-order valence-corrected chi connectivity index (χ4v) is 2.08. The molecule has 20 heavy (non-hydrogen) atoms. The number of aliphatic carboxylic acids is 1. The second-order valence-electron chi connectivity index (χ2n) is 4.66. The zero-order chi connectivity index (χ0) is 14.9. The second-order valence-corrected chi connectivity index (χ2v) is 5.04. The van der Waals surface area contributed by atoms with Gasteiger partial charge in [0.1, 0.15) is 5.02 Å². The maximum Gasteiger partial charge on any atom is 0.311 e. The number of hydrogen-bond acceptors (Lipinski definition) is 4. The molecule has 1 amide bonds. The van der Waals surface area contributed by atoms with Crippen LogP contribution in [0.2, 0.25) is 5.02 Å². The normalized spacial score (nSPS) is 15.4. The van der Waals surface area contributed by atoms with Gasteiger partial charge in [-0.1, -0.05) is 17.7 Å². The summed E-state index contributed by atoms with van der Waals surface area (Å²) in [7, 11) is 0. The van der Waals surface area contributed by atoms with E-state index in [-0.39, 0.29) is 22.8 Å². The van der Waals surface area contributed by atoms with Gasteiger partial charge in [0, 0.05) is 12.6 Å². The maximum absolute atomic E-state index is 11.9. The Balaban J connectivity index is 2.12. The average molecular weight is 299 g/mol. The van der Waals surface area contributed by atoms with Crippen molar-refractivity contribution in [2.24, 2.45) is 5.41 Å². The van der Waals surface area contributed by atoms with Crippen molar-refractivity contribution in [3.8, 4) is 0 Å². The van der Waals surface area contributed by atoms with E-state index in [0.29, 0.717) is 12.8 Å². The highest BCUT2D eigenvalue weighted by Gasteiger charge is 2.50. The van der Waals surface area contributed by atoms with Gasteiger partial charge in [-0.15, -0.1) is 0 Å². The Bertz CT molecular complexity index is 598. The van der Waals surface area contributed by atoms with Crippen molar-refractivity contribution in [3.05, 3.63) is 38.9 Å². The molecule has 1 aliphatic rings. The lowest BCUT2D eigenvalue weighted by atomic mass is 10.1. The number of carbonyl (C=O) groups excluding carboxylic acids is 1. The predicted octanol–water partition coefficient (Wildman–Crippen LogP) is 1.84. The lowest BCUT2D eigenvalue weighted by molar-refractivity contribution is -0.384. The SMILES string of the molecule is O=C(NCC1(C(=O)O)CC1)c1cccc([N+](=O)[O-])c1Cl. The van der Waals surface area contributed by atoms with Crippen LogP contribution in [0, 0.1) is 15.5 Å². The van der Waals surface area contributed by atoms with E-state index in [2.05, 4.69) is 5.32 Å². The number of benzene rings is 1. The third kappa shape index (κ3) is 2.57. The fraction of sp³-hybridized carbons (Fsp3) is 0.333. The first kappa shape index (κ1) is 14.3. The van der Waals surface area contributed by atoms with Crippen LogP contribution in [0.1, 0.15) is 23.2 Å². The quantitative estimate of drug-likeness (QED) is 0.636. The molecule has 0 spiro atoms. The van der Waals surface area contributed by atoms with Gasteiger partial charge < -0.3 is 10.4 Å². The molecule has 1 aromatic rings. The number of nitro benzene ring substituents is 1. The molecule has 0 aromatic heterocycles. The Morgan fingerprint density at radius 1 is 1.45 bits per heavy atom. The summed E-state index contributed by atoms with van der Waals surface area (Å²) >= 11 is 5.81. The van der Waals surface area contributed by atoms with Gasteiger partial charge in [0.25, 0.3) is 11.6 Å². The van der Waals surface area contributed by atoms with Crippen LogP contribution >= 0.6 is 11.6 Å². The van der Waals surface area contributed by atoms with E-state index < -0.39 is 22.2 Å². The first-order chi connectivity index (χ1) is 9.37. The monoisotopic (exact) mass is 298 g/mol. The topological polar surface area (TPSA) is 110 Å². The molecule has 1 aromatic carbocycles. The summed E-state index contributed by atoms with van der Waals surface area (Å²) < 4.78 is 0. The van der Waals surface area contributed by atoms with Crippen molar-refractivity contribution in [2.75, 3.05) is 6.54 Å². The van der Waals surface area contributed by atoms with Crippen LogP contribution in [-0.2, 0) is 4.79 Å². The number of nitrogens with zero attached hydrogens (tertiary/aromatic N) is 1. The smallest absolute Gasteiger partial charge is 0.311 e. The van der Waals surface area contributed by atoms with Crippen LogP contribution in [0.25, 0.3) is 0 Å². The highest BCUT2D eigenvalue weighted by Crippen LogP contribution is 2.45. The van der Waals surface area contributed by atoms with Crippen LogP contribution in [0.15, 0.2) is 18.2 Å². The van der Waals surface area contributed by atoms with Gasteiger partial charge in [0.15, 0.2) is 0 Å². The molecule has 0 saturated heterocycles. The van der Waals surface area contributed by atoms with Crippen molar-refractivity contribution >= 4 is 29.2 Å². The molecule has 0 atom stereocenters. The summed E-state index contributed by atoms with van der Waals surface area (Å²) in [5.74, 6) is -1.57. The molecule has 0 unspecified atom stereocenters. The van der Waals surface area contributed by atoms with E-state index in [4.69, 9.17) is 16.7 Å². The van der Waals surface area contributed by atoms with E-state index in [0.717, 1.165) is 0 Å². The Labute approximate surface area is 118 Å². The largest absolute Gasteiger partial charge is 0.481 e. The Morgan fingerprint density at radius 3 is 2.60 bits per heavy atom. The first-order valence-electron chi connectivity index (χ1n) is 5.82. The van der Waals surface area contributed by atoms with Crippen molar-refractivity contribution in [2.45, 2.75) is 12.8 Å². The standard InChI is InChI=1S/C12H11ClN2O5/c13-9-7(2-1-3-8(9)15(19)20)10(16)14-6-12(4-5-12)11(17)18/h1-3H,4-6H2,(H,14,16)(H,17,18). The lowest BCUT2D eigenvalue weighted by Crippen LogP contribution is -2.34. The Morgan fingerprint density at radius 2 is 2.10 bits per heavy atom. The van der Waals surface area contributed by atoms with Gasteiger partial charge in [-0.3, -0.25) is 19.7 Å².